The Morgan fingerprint density at radius 3 is 2.57 bits per heavy atom. The molecule has 0 amide bonds. The van der Waals surface area contributed by atoms with E-state index in [1.165, 1.54) is 5.57 Å². The van der Waals surface area contributed by atoms with Crippen LogP contribution in [0.3, 0.4) is 0 Å². The van der Waals surface area contributed by atoms with Crippen LogP contribution in [0.4, 0.5) is 0 Å². The van der Waals surface area contributed by atoms with Gasteiger partial charge in [-0.05, 0) is 12.0 Å². The lowest BCUT2D eigenvalue weighted by atomic mass is 10.0. The minimum atomic E-state index is 0.914. The van der Waals surface area contributed by atoms with Crippen LogP contribution in [-0.2, 0) is 0 Å². The third-order valence-corrected chi connectivity index (χ3v) is 1.17. The molecule has 1 nitrogen and oxygen atoms in total. The molecule has 0 aromatic heterocycles. The molecule has 0 saturated carbocycles. The molecule has 1 heteroatoms. The van der Waals surface area contributed by atoms with Gasteiger partial charge in [-0.25, -0.2) is 0 Å². The molecule has 0 saturated heterocycles. The predicted molar refractivity (Wildman–Crippen MR) is 29.6 cm³/mol. The second kappa shape index (κ2) is 1.43. The number of nitrogens with two attached hydrogens (primary N) is 1. The first-order valence-corrected chi connectivity index (χ1v) is 2.56. The van der Waals surface area contributed by atoms with E-state index < -0.39 is 0 Å². The van der Waals surface area contributed by atoms with Crippen LogP contribution < -0.4 is 5.73 Å². The van der Waals surface area contributed by atoms with Gasteiger partial charge in [0, 0.05) is 6.42 Å². The molecule has 7 heavy (non-hydrogen) atoms. The van der Waals surface area contributed by atoms with Crippen LogP contribution in [0.15, 0.2) is 17.0 Å². The van der Waals surface area contributed by atoms with Crippen molar-refractivity contribution in [2.75, 3.05) is 0 Å². The zero-order valence-electron chi connectivity index (χ0n) is 4.49. The van der Waals surface area contributed by atoms with Crippen LogP contribution in [0.5, 0.6) is 0 Å². The molecule has 0 radical (unpaired) electrons. The van der Waals surface area contributed by atoms with E-state index in [-0.39, 0.29) is 0 Å². The van der Waals surface area contributed by atoms with Crippen molar-refractivity contribution in [3.8, 4) is 0 Å². The third kappa shape index (κ3) is 0.675. The van der Waals surface area contributed by atoms with E-state index in [9.17, 15) is 0 Å². The average Bonchev–Trinajstić information content (AvgIpc) is 1.58. The summed E-state index contributed by atoms with van der Waals surface area (Å²) in [7, 11) is 0. The molecule has 0 fully saturated rings. The molecule has 0 bridgehead atoms. The first-order chi connectivity index (χ1) is 3.33. The predicted octanol–water partition coefficient (Wildman–Crippen LogP) is 1.17. The van der Waals surface area contributed by atoms with E-state index in [2.05, 4.69) is 12.7 Å². The summed E-state index contributed by atoms with van der Waals surface area (Å²) in [6, 6.07) is 0. The van der Waals surface area contributed by atoms with Crippen LogP contribution in [0, 0.1) is 0 Å². The second-order valence-electron chi connectivity index (χ2n) is 1.78. The molecule has 1 rings (SSSR count). The van der Waals surface area contributed by atoms with Crippen molar-refractivity contribution in [3.63, 3.8) is 0 Å². The molecule has 0 heterocycles. The Morgan fingerprint density at radius 2 is 2.43 bits per heavy atom. The van der Waals surface area contributed by atoms with Gasteiger partial charge in [-0.2, -0.15) is 0 Å². The fourth-order valence-corrected chi connectivity index (χ4v) is 0.652. The highest BCUT2D eigenvalue weighted by Crippen LogP contribution is 2.16. The van der Waals surface area contributed by atoms with Crippen LogP contribution in [-0.4, -0.2) is 0 Å². The summed E-state index contributed by atoms with van der Waals surface area (Å²) in [5, 5.41) is 0. The lowest BCUT2D eigenvalue weighted by Crippen LogP contribution is -2.03. The van der Waals surface area contributed by atoms with Crippen molar-refractivity contribution in [2.45, 2.75) is 19.8 Å². The summed E-state index contributed by atoms with van der Waals surface area (Å²) >= 11 is 0. The minimum absolute atomic E-state index is 0.914. The van der Waals surface area contributed by atoms with Gasteiger partial charge in [0.1, 0.15) is 0 Å². The van der Waals surface area contributed by atoms with Gasteiger partial charge in [-0.3, -0.25) is 0 Å². The molecule has 0 unspecified atom stereocenters. The number of rotatable bonds is 1. The summed E-state index contributed by atoms with van der Waals surface area (Å²) in [6.07, 6.45) is 2.11. The van der Waals surface area contributed by atoms with Gasteiger partial charge in [0.15, 0.2) is 0 Å². The Bertz CT molecular complexity index is 134. The van der Waals surface area contributed by atoms with E-state index >= 15 is 0 Å². The Balaban J connectivity index is 2.64. The van der Waals surface area contributed by atoms with E-state index in [0.29, 0.717) is 0 Å². The topological polar surface area (TPSA) is 26.0 Å². The van der Waals surface area contributed by atoms with E-state index in [1.54, 1.807) is 0 Å². The van der Waals surface area contributed by atoms with Gasteiger partial charge in [0.25, 0.3) is 0 Å². The summed E-state index contributed by atoms with van der Waals surface area (Å²) in [5.74, 6) is 0. The smallest absolute Gasteiger partial charge is 0.0559 e. The fourth-order valence-electron chi connectivity index (χ4n) is 0.652. The third-order valence-electron chi connectivity index (χ3n) is 1.17. The molecule has 1 aliphatic rings. The summed E-state index contributed by atoms with van der Waals surface area (Å²) in [6.45, 7) is 2.12. The molecule has 2 N–H and O–H groups in total. The Morgan fingerprint density at radius 1 is 1.86 bits per heavy atom. The molecular formula is C6H9N. The van der Waals surface area contributed by atoms with Gasteiger partial charge in [-0.15, -0.1) is 5.73 Å². The standard InChI is InChI=1S/C6H9N/c1-2-5-3-6(7)4-5/h2-3,7H2,1H3. The number of hydrogen-bond donors (Lipinski definition) is 1. The van der Waals surface area contributed by atoms with E-state index in [4.69, 9.17) is 5.73 Å². The van der Waals surface area contributed by atoms with Crippen LogP contribution >= 0.6 is 0 Å². The summed E-state index contributed by atoms with van der Waals surface area (Å²) in [5.41, 5.74) is 10.6. The molecule has 38 valence electrons. The fraction of sp³-hybridized carbons (Fsp3) is 0.500. The molecular weight excluding hydrogens is 86.1 g/mol. The van der Waals surface area contributed by atoms with Crippen LogP contribution in [0.2, 0.25) is 0 Å². The maximum Gasteiger partial charge on any atom is 0.0559 e. The zero-order chi connectivity index (χ0) is 5.28. The normalized spacial score (nSPS) is 17.3. The first kappa shape index (κ1) is 4.48. The van der Waals surface area contributed by atoms with Crippen molar-refractivity contribution >= 4 is 0 Å². The summed E-state index contributed by atoms with van der Waals surface area (Å²) in [4.78, 5) is 0. The molecule has 0 aliphatic heterocycles. The second-order valence-corrected chi connectivity index (χ2v) is 1.78. The monoisotopic (exact) mass is 95.1 g/mol. The van der Waals surface area contributed by atoms with Crippen molar-refractivity contribution in [3.05, 3.63) is 17.0 Å². The average molecular weight is 95.1 g/mol. The molecule has 0 spiro atoms. The zero-order valence-corrected chi connectivity index (χ0v) is 4.49. The lowest BCUT2D eigenvalue weighted by molar-refractivity contribution is 0.931. The van der Waals surface area contributed by atoms with E-state index in [1.807, 2.05) is 0 Å². The lowest BCUT2D eigenvalue weighted by Gasteiger charge is -2.07. The highest BCUT2D eigenvalue weighted by molar-refractivity contribution is 5.22. The maximum atomic E-state index is 5.33. The van der Waals surface area contributed by atoms with Crippen molar-refractivity contribution in [1.29, 1.82) is 0 Å². The SMILES string of the molecule is CCC1=C=C(N)C1. The van der Waals surface area contributed by atoms with Gasteiger partial charge >= 0.3 is 0 Å². The Labute approximate surface area is 43.5 Å². The highest BCUT2D eigenvalue weighted by Gasteiger charge is 2.02. The van der Waals surface area contributed by atoms with Crippen molar-refractivity contribution in [1.82, 2.24) is 0 Å². The van der Waals surface area contributed by atoms with Crippen molar-refractivity contribution < 1.29 is 0 Å². The molecule has 0 atom stereocenters. The van der Waals surface area contributed by atoms with Crippen LogP contribution in [0.1, 0.15) is 19.8 Å². The Hall–Kier alpha value is -0.680. The van der Waals surface area contributed by atoms with Crippen molar-refractivity contribution in [2.24, 2.45) is 5.73 Å². The minimum Gasteiger partial charge on any atom is -0.395 e. The van der Waals surface area contributed by atoms with Gasteiger partial charge in [0.2, 0.25) is 0 Å². The highest BCUT2D eigenvalue weighted by atomic mass is 14.6. The van der Waals surface area contributed by atoms with Gasteiger partial charge in [0.05, 0.1) is 5.70 Å². The molecule has 1 aliphatic carbocycles. The quantitative estimate of drug-likeness (QED) is 0.486. The Kier molecular flexibility index (Phi) is 0.918. The first-order valence-electron chi connectivity index (χ1n) is 2.56. The van der Waals surface area contributed by atoms with E-state index in [0.717, 1.165) is 18.5 Å². The largest absolute Gasteiger partial charge is 0.395 e. The molecule has 0 aromatic carbocycles. The van der Waals surface area contributed by atoms with Gasteiger partial charge < -0.3 is 5.73 Å². The maximum absolute atomic E-state index is 5.33. The number of hydrogen-bond acceptors (Lipinski definition) is 1. The molecule has 0 aromatic rings. The van der Waals surface area contributed by atoms with Crippen LogP contribution in [0.25, 0.3) is 0 Å². The summed E-state index contributed by atoms with van der Waals surface area (Å²) < 4.78 is 0. The van der Waals surface area contributed by atoms with Gasteiger partial charge in [-0.1, -0.05) is 6.92 Å².